The Bertz CT molecular complexity index is 941. The molecule has 1 saturated carbocycles. The number of thioether (sulfide) groups is 1. The fourth-order valence-electron chi connectivity index (χ4n) is 4.86. The van der Waals surface area contributed by atoms with E-state index in [1.165, 1.54) is 32.8 Å². The average Bonchev–Trinajstić information content (AvgIpc) is 3.39. The molecule has 32 heavy (non-hydrogen) atoms. The van der Waals surface area contributed by atoms with E-state index in [2.05, 4.69) is 20.5 Å². The van der Waals surface area contributed by atoms with Gasteiger partial charge in [0.05, 0.1) is 25.4 Å². The maximum absolute atomic E-state index is 13.4. The Kier molecular flexibility index (Phi) is 7.47. The van der Waals surface area contributed by atoms with Gasteiger partial charge in [0, 0.05) is 23.2 Å². The number of amides is 1. The second kappa shape index (κ2) is 10.5. The van der Waals surface area contributed by atoms with E-state index in [1.807, 2.05) is 30.5 Å². The molecule has 4 rings (SSSR count). The van der Waals surface area contributed by atoms with E-state index in [-0.39, 0.29) is 23.7 Å². The molecule has 2 fully saturated rings. The van der Waals surface area contributed by atoms with Crippen LogP contribution in [0.3, 0.4) is 0 Å². The zero-order valence-corrected chi connectivity index (χ0v) is 19.5. The predicted octanol–water partition coefficient (Wildman–Crippen LogP) is 3.76. The highest BCUT2D eigenvalue weighted by Gasteiger charge is 2.41. The molecule has 2 aromatic rings. The zero-order chi connectivity index (χ0) is 22.5. The molecule has 9 heteroatoms. The summed E-state index contributed by atoms with van der Waals surface area (Å²) in [6, 6.07) is 8.06. The first-order valence-corrected chi connectivity index (χ1v) is 12.5. The Hall–Kier alpha value is -2.39. The molecule has 1 aromatic carbocycles. The Morgan fingerprint density at radius 1 is 1.16 bits per heavy atom. The zero-order valence-electron chi connectivity index (χ0n) is 18.7. The normalized spacial score (nSPS) is 22.4. The topological polar surface area (TPSA) is 89.4 Å². The van der Waals surface area contributed by atoms with Crippen LogP contribution in [0.2, 0.25) is 0 Å². The van der Waals surface area contributed by atoms with Gasteiger partial charge in [-0.1, -0.05) is 37.0 Å². The lowest BCUT2D eigenvalue weighted by molar-refractivity contribution is -0.121. The molecule has 0 bridgehead atoms. The smallest absolute Gasteiger partial charge is 0.360 e. The maximum atomic E-state index is 13.4. The third-order valence-electron chi connectivity index (χ3n) is 6.53. The molecule has 0 unspecified atom stereocenters. The Morgan fingerprint density at radius 2 is 1.94 bits per heavy atom. The number of aromatic nitrogens is 3. The van der Waals surface area contributed by atoms with Gasteiger partial charge in [0.25, 0.3) is 0 Å². The van der Waals surface area contributed by atoms with Crippen LogP contribution in [0.1, 0.15) is 61.5 Å². The number of carbonyl (C=O) groups excluding carboxylic acids is 2. The van der Waals surface area contributed by atoms with Crippen LogP contribution in [0.4, 0.5) is 5.69 Å². The van der Waals surface area contributed by atoms with Crippen molar-refractivity contribution in [3.05, 3.63) is 36.2 Å². The van der Waals surface area contributed by atoms with Crippen molar-refractivity contribution in [2.45, 2.75) is 68.0 Å². The molecule has 8 nitrogen and oxygen atoms in total. The second-order valence-corrected chi connectivity index (χ2v) is 9.42. The van der Waals surface area contributed by atoms with Gasteiger partial charge in [0.2, 0.25) is 5.91 Å². The van der Waals surface area contributed by atoms with Crippen molar-refractivity contribution in [1.29, 1.82) is 0 Å². The molecule has 2 heterocycles. The summed E-state index contributed by atoms with van der Waals surface area (Å²) in [7, 11) is 1.33. The summed E-state index contributed by atoms with van der Waals surface area (Å²) in [5.74, 6) is -0.485. The number of rotatable bonds is 6. The van der Waals surface area contributed by atoms with Crippen molar-refractivity contribution in [2.24, 2.45) is 0 Å². The summed E-state index contributed by atoms with van der Waals surface area (Å²) >= 11 is 1.65. The first kappa shape index (κ1) is 22.8. The molecule has 1 aliphatic heterocycles. The highest BCUT2D eigenvalue weighted by Crippen LogP contribution is 2.34. The summed E-state index contributed by atoms with van der Waals surface area (Å²) in [5.41, 5.74) is 1.01. The van der Waals surface area contributed by atoms with E-state index < -0.39 is 5.97 Å². The molecule has 1 amide bonds. The number of hydrogen-bond donors (Lipinski definition) is 1. The number of esters is 1. The van der Waals surface area contributed by atoms with Crippen LogP contribution in [0, 0.1) is 0 Å². The minimum Gasteiger partial charge on any atom is -0.464 e. The second-order valence-electron chi connectivity index (χ2n) is 8.54. The molecule has 1 saturated heterocycles. The van der Waals surface area contributed by atoms with Crippen molar-refractivity contribution in [2.75, 3.05) is 25.2 Å². The Labute approximate surface area is 193 Å². The fourth-order valence-corrected chi connectivity index (χ4v) is 5.32. The number of hydrogen-bond acceptors (Lipinski definition) is 7. The lowest BCUT2D eigenvalue weighted by atomic mass is 10.1. The molecule has 0 radical (unpaired) electrons. The molecular weight excluding hydrogens is 426 g/mol. The van der Waals surface area contributed by atoms with E-state index in [1.54, 1.807) is 22.6 Å². The lowest BCUT2D eigenvalue weighted by Crippen LogP contribution is -2.45. The highest BCUT2D eigenvalue weighted by atomic mass is 32.2. The van der Waals surface area contributed by atoms with Crippen molar-refractivity contribution >= 4 is 29.3 Å². The van der Waals surface area contributed by atoms with Gasteiger partial charge in [-0.05, 0) is 43.7 Å². The highest BCUT2D eigenvalue weighted by molar-refractivity contribution is 7.98. The number of carbonyl (C=O) groups is 2. The fraction of sp³-hybridized carbons (Fsp3) is 0.565. The van der Waals surface area contributed by atoms with E-state index in [4.69, 9.17) is 4.74 Å². The SMILES string of the molecule is COC(=O)c1cn([C@@H]2C[C@@H](C(=O)Nc3cccc(SC)c3)N(C3CCCCCC3)C2)nn1. The quantitative estimate of drug-likeness (QED) is 0.401. The third kappa shape index (κ3) is 5.15. The monoisotopic (exact) mass is 457 g/mol. The van der Waals surface area contributed by atoms with Gasteiger partial charge in [-0.15, -0.1) is 16.9 Å². The number of anilines is 1. The van der Waals surface area contributed by atoms with Gasteiger partial charge in [0.15, 0.2) is 5.69 Å². The maximum Gasteiger partial charge on any atom is 0.360 e. The van der Waals surface area contributed by atoms with E-state index >= 15 is 0 Å². The Balaban J connectivity index is 1.54. The summed E-state index contributed by atoms with van der Waals surface area (Å²) in [6.45, 7) is 0.720. The van der Waals surface area contributed by atoms with Crippen molar-refractivity contribution in [3.63, 3.8) is 0 Å². The van der Waals surface area contributed by atoms with Crippen LogP contribution >= 0.6 is 11.8 Å². The van der Waals surface area contributed by atoms with E-state index in [0.29, 0.717) is 12.5 Å². The van der Waals surface area contributed by atoms with Crippen LogP contribution in [-0.4, -0.2) is 63.8 Å². The summed E-state index contributed by atoms with van der Waals surface area (Å²) < 4.78 is 6.48. The van der Waals surface area contributed by atoms with Crippen LogP contribution in [0.5, 0.6) is 0 Å². The number of likely N-dealkylation sites (tertiary alicyclic amines) is 1. The Morgan fingerprint density at radius 3 is 2.66 bits per heavy atom. The van der Waals surface area contributed by atoms with Crippen LogP contribution in [0.15, 0.2) is 35.4 Å². The van der Waals surface area contributed by atoms with Crippen LogP contribution in [-0.2, 0) is 9.53 Å². The third-order valence-corrected chi connectivity index (χ3v) is 7.26. The van der Waals surface area contributed by atoms with Gasteiger partial charge in [-0.25, -0.2) is 9.48 Å². The molecular formula is C23H31N5O3S. The first-order valence-electron chi connectivity index (χ1n) is 11.3. The standard InChI is InChI=1S/C23H31N5O3S/c1-31-23(30)20-15-28(26-25-20)18-13-21(27(14-18)17-9-5-3-4-6-10-17)22(29)24-16-8-7-11-19(12-16)32-2/h7-8,11-12,15,17-18,21H,3-6,9-10,13-14H2,1-2H3,(H,24,29)/t18-,21+/m1/s1. The van der Waals surface area contributed by atoms with Gasteiger partial charge < -0.3 is 10.1 Å². The van der Waals surface area contributed by atoms with Gasteiger partial charge in [-0.2, -0.15) is 0 Å². The molecule has 2 aliphatic rings. The molecule has 172 valence electrons. The molecule has 0 spiro atoms. The molecule has 1 aromatic heterocycles. The van der Waals surface area contributed by atoms with Crippen LogP contribution in [0.25, 0.3) is 0 Å². The summed E-state index contributed by atoms with van der Waals surface area (Å²) in [6.07, 6.45) is 11.4. The predicted molar refractivity (Wildman–Crippen MR) is 124 cm³/mol. The van der Waals surface area contributed by atoms with Gasteiger partial charge in [0.1, 0.15) is 0 Å². The number of nitrogens with zero attached hydrogens (tertiary/aromatic N) is 4. The number of nitrogens with one attached hydrogen (secondary N) is 1. The van der Waals surface area contributed by atoms with Crippen molar-refractivity contribution < 1.29 is 14.3 Å². The largest absolute Gasteiger partial charge is 0.464 e. The van der Waals surface area contributed by atoms with E-state index in [0.717, 1.165) is 30.0 Å². The summed E-state index contributed by atoms with van der Waals surface area (Å²) in [5, 5.41) is 11.3. The average molecular weight is 458 g/mol. The van der Waals surface area contributed by atoms with Crippen molar-refractivity contribution in [3.8, 4) is 0 Å². The molecule has 1 aliphatic carbocycles. The minimum atomic E-state index is -0.502. The molecule has 1 N–H and O–H groups in total. The first-order chi connectivity index (χ1) is 15.6. The minimum absolute atomic E-state index is 0.0163. The number of methoxy groups -OCH3 is 1. The van der Waals surface area contributed by atoms with Crippen molar-refractivity contribution in [1.82, 2.24) is 19.9 Å². The number of benzene rings is 1. The lowest BCUT2D eigenvalue weighted by Gasteiger charge is -2.31. The van der Waals surface area contributed by atoms with Crippen LogP contribution < -0.4 is 5.32 Å². The van der Waals surface area contributed by atoms with E-state index in [9.17, 15) is 9.59 Å². The number of ether oxygens (including phenoxy) is 1. The summed E-state index contributed by atoms with van der Waals surface area (Å²) in [4.78, 5) is 28.7. The van der Waals surface area contributed by atoms with Gasteiger partial charge in [-0.3, -0.25) is 9.69 Å². The molecule has 2 atom stereocenters. The van der Waals surface area contributed by atoms with Gasteiger partial charge >= 0.3 is 5.97 Å².